The largest absolute Gasteiger partial charge is 0.0786 e. The predicted octanol–water partition coefficient (Wildman–Crippen LogP) is 7.16. The molecule has 21 heavy (non-hydrogen) atoms. The van der Waals surface area contributed by atoms with Gasteiger partial charge in [-0.3, -0.25) is 0 Å². The van der Waals surface area contributed by atoms with Gasteiger partial charge in [-0.25, -0.2) is 0 Å². The number of halogens is 3. The van der Waals surface area contributed by atoms with Crippen LogP contribution in [-0.2, 0) is 0 Å². The molecule has 0 aromatic heterocycles. The minimum atomic E-state index is 0.164. The molecule has 0 saturated carbocycles. The van der Waals surface area contributed by atoms with Crippen molar-refractivity contribution in [3.05, 3.63) is 80.2 Å². The van der Waals surface area contributed by atoms with E-state index < -0.39 is 0 Å². The van der Waals surface area contributed by atoms with Gasteiger partial charge in [0.15, 0.2) is 0 Å². The van der Waals surface area contributed by atoms with Crippen molar-refractivity contribution in [3.63, 3.8) is 0 Å². The fourth-order valence-electron chi connectivity index (χ4n) is 2.60. The molecule has 0 radical (unpaired) electrons. The Labute approximate surface area is 150 Å². The van der Waals surface area contributed by atoms with Gasteiger partial charge in [-0.1, -0.05) is 84.2 Å². The minimum absolute atomic E-state index is 0.164. The lowest BCUT2D eigenvalue weighted by atomic mass is 9.96. The standard InChI is InChI=1S/C18H13Br3/c1-11-6-7-17(16-5-3-2-4-15(11)16)18(21)12-8-13(19)10-14(20)9-12/h2-10,18H,1H3. The molecule has 0 bridgehead atoms. The summed E-state index contributed by atoms with van der Waals surface area (Å²) in [5.74, 6) is 0. The zero-order chi connectivity index (χ0) is 15.0. The molecule has 0 spiro atoms. The van der Waals surface area contributed by atoms with Crippen molar-refractivity contribution < 1.29 is 0 Å². The summed E-state index contributed by atoms with van der Waals surface area (Å²) >= 11 is 11.0. The normalized spacial score (nSPS) is 12.6. The summed E-state index contributed by atoms with van der Waals surface area (Å²) in [6.45, 7) is 2.16. The molecule has 0 amide bonds. The Balaban J connectivity index is 2.18. The highest BCUT2D eigenvalue weighted by molar-refractivity contribution is 9.11. The quantitative estimate of drug-likeness (QED) is 0.350. The molecule has 0 fully saturated rings. The highest BCUT2D eigenvalue weighted by Crippen LogP contribution is 2.38. The molecule has 0 nitrogen and oxygen atoms in total. The predicted molar refractivity (Wildman–Crippen MR) is 101 cm³/mol. The Kier molecular flexibility index (Phi) is 4.53. The van der Waals surface area contributed by atoms with Gasteiger partial charge in [0.05, 0.1) is 4.83 Å². The summed E-state index contributed by atoms with van der Waals surface area (Å²) in [5.41, 5.74) is 3.83. The third-order valence-electron chi connectivity index (χ3n) is 3.63. The van der Waals surface area contributed by atoms with Gasteiger partial charge in [-0.15, -0.1) is 0 Å². The molecule has 0 heterocycles. The van der Waals surface area contributed by atoms with E-state index in [1.165, 1.54) is 27.5 Å². The first-order chi connectivity index (χ1) is 10.1. The van der Waals surface area contributed by atoms with Gasteiger partial charge >= 0.3 is 0 Å². The zero-order valence-corrected chi connectivity index (χ0v) is 16.2. The number of fused-ring (bicyclic) bond motifs is 1. The van der Waals surface area contributed by atoms with Gasteiger partial charge in [0.1, 0.15) is 0 Å². The van der Waals surface area contributed by atoms with E-state index in [-0.39, 0.29) is 4.83 Å². The molecule has 0 saturated heterocycles. The smallest absolute Gasteiger partial charge is 0.0651 e. The summed E-state index contributed by atoms with van der Waals surface area (Å²) in [5, 5.41) is 2.61. The van der Waals surface area contributed by atoms with E-state index in [9.17, 15) is 0 Å². The van der Waals surface area contributed by atoms with Crippen LogP contribution in [-0.4, -0.2) is 0 Å². The molecule has 3 heteroatoms. The molecule has 0 aliphatic rings. The van der Waals surface area contributed by atoms with Gasteiger partial charge in [-0.2, -0.15) is 0 Å². The first-order valence-electron chi connectivity index (χ1n) is 6.64. The zero-order valence-electron chi connectivity index (χ0n) is 11.4. The van der Waals surface area contributed by atoms with E-state index >= 15 is 0 Å². The van der Waals surface area contributed by atoms with Crippen LogP contribution in [0.15, 0.2) is 63.5 Å². The number of benzene rings is 3. The summed E-state index contributed by atoms with van der Waals surface area (Å²) in [6, 6.07) is 19.3. The van der Waals surface area contributed by atoms with Crippen LogP contribution in [0.4, 0.5) is 0 Å². The Morgan fingerprint density at radius 2 is 1.43 bits per heavy atom. The van der Waals surface area contributed by atoms with Crippen LogP contribution in [0.2, 0.25) is 0 Å². The lowest BCUT2D eigenvalue weighted by Gasteiger charge is -2.16. The SMILES string of the molecule is Cc1ccc(C(Br)c2cc(Br)cc(Br)c2)c2ccccc12. The van der Waals surface area contributed by atoms with E-state index in [1.54, 1.807) is 0 Å². The first kappa shape index (κ1) is 15.3. The summed E-state index contributed by atoms with van der Waals surface area (Å²) < 4.78 is 2.15. The van der Waals surface area contributed by atoms with Gasteiger partial charge < -0.3 is 0 Å². The van der Waals surface area contributed by atoms with E-state index in [1.807, 2.05) is 0 Å². The molecule has 3 aromatic rings. The van der Waals surface area contributed by atoms with Gasteiger partial charge in [0.25, 0.3) is 0 Å². The van der Waals surface area contributed by atoms with Crippen molar-refractivity contribution in [3.8, 4) is 0 Å². The molecule has 0 aliphatic heterocycles. The molecule has 0 N–H and O–H groups in total. The number of alkyl halides is 1. The molecule has 106 valence electrons. The molecular formula is C18H13Br3. The monoisotopic (exact) mass is 466 g/mol. The van der Waals surface area contributed by atoms with Crippen molar-refractivity contribution in [2.24, 2.45) is 0 Å². The second kappa shape index (κ2) is 6.23. The number of rotatable bonds is 2. The van der Waals surface area contributed by atoms with Gasteiger partial charge in [0.2, 0.25) is 0 Å². The maximum Gasteiger partial charge on any atom is 0.0651 e. The second-order valence-corrected chi connectivity index (χ2v) is 7.83. The van der Waals surface area contributed by atoms with Crippen molar-refractivity contribution in [1.29, 1.82) is 0 Å². The van der Waals surface area contributed by atoms with Crippen molar-refractivity contribution >= 4 is 58.6 Å². The van der Waals surface area contributed by atoms with Crippen molar-refractivity contribution in [1.82, 2.24) is 0 Å². The van der Waals surface area contributed by atoms with Gasteiger partial charge in [-0.05, 0) is 52.6 Å². The summed E-state index contributed by atoms with van der Waals surface area (Å²) in [4.78, 5) is 0.164. The van der Waals surface area contributed by atoms with E-state index in [4.69, 9.17) is 0 Å². The average Bonchev–Trinajstić information content (AvgIpc) is 2.46. The Hall–Kier alpha value is -0.640. The van der Waals surface area contributed by atoms with Gasteiger partial charge in [0, 0.05) is 8.95 Å². The minimum Gasteiger partial charge on any atom is -0.0786 e. The molecular weight excluding hydrogens is 456 g/mol. The van der Waals surface area contributed by atoms with Crippen molar-refractivity contribution in [2.45, 2.75) is 11.8 Å². The summed E-state index contributed by atoms with van der Waals surface area (Å²) in [7, 11) is 0. The Morgan fingerprint density at radius 3 is 2.10 bits per heavy atom. The maximum absolute atomic E-state index is 3.87. The summed E-state index contributed by atoms with van der Waals surface area (Å²) in [6.07, 6.45) is 0. The van der Waals surface area contributed by atoms with E-state index in [0.717, 1.165) is 8.95 Å². The van der Waals surface area contributed by atoms with E-state index in [0.29, 0.717) is 0 Å². The molecule has 1 unspecified atom stereocenters. The van der Waals surface area contributed by atoms with Crippen LogP contribution < -0.4 is 0 Å². The Morgan fingerprint density at radius 1 is 0.810 bits per heavy atom. The molecule has 3 rings (SSSR count). The highest BCUT2D eigenvalue weighted by atomic mass is 79.9. The topological polar surface area (TPSA) is 0 Å². The average molecular weight is 469 g/mol. The number of hydrogen-bond acceptors (Lipinski definition) is 0. The third-order valence-corrected chi connectivity index (χ3v) is 5.56. The highest BCUT2D eigenvalue weighted by Gasteiger charge is 2.15. The number of aryl methyl sites for hydroxylation is 1. The number of hydrogen-bond donors (Lipinski definition) is 0. The lowest BCUT2D eigenvalue weighted by molar-refractivity contribution is 1.19. The van der Waals surface area contributed by atoms with Crippen LogP contribution in [0, 0.1) is 6.92 Å². The third kappa shape index (κ3) is 3.10. The molecule has 0 aliphatic carbocycles. The van der Waals surface area contributed by atoms with Crippen LogP contribution >= 0.6 is 47.8 Å². The Bertz CT molecular complexity index is 788. The molecule has 1 atom stereocenters. The first-order valence-corrected chi connectivity index (χ1v) is 9.15. The van der Waals surface area contributed by atoms with Crippen LogP contribution in [0.5, 0.6) is 0 Å². The van der Waals surface area contributed by atoms with Crippen LogP contribution in [0.1, 0.15) is 21.5 Å². The fraction of sp³-hybridized carbons (Fsp3) is 0.111. The maximum atomic E-state index is 3.87. The second-order valence-electron chi connectivity index (χ2n) is 5.08. The fourth-order valence-corrected chi connectivity index (χ4v) is 4.59. The van der Waals surface area contributed by atoms with Crippen LogP contribution in [0.3, 0.4) is 0 Å². The molecule has 3 aromatic carbocycles. The van der Waals surface area contributed by atoms with Crippen LogP contribution in [0.25, 0.3) is 10.8 Å². The van der Waals surface area contributed by atoms with E-state index in [2.05, 4.69) is 109 Å². The lowest BCUT2D eigenvalue weighted by Crippen LogP contribution is -1.95. The van der Waals surface area contributed by atoms with Crippen molar-refractivity contribution in [2.75, 3.05) is 0 Å².